The summed E-state index contributed by atoms with van der Waals surface area (Å²) in [6, 6.07) is 8.66. The smallest absolute Gasteiger partial charge is 0.243 e. The van der Waals surface area contributed by atoms with E-state index in [1.54, 1.807) is 6.07 Å². The van der Waals surface area contributed by atoms with Crippen LogP contribution in [0.15, 0.2) is 47.4 Å². The Morgan fingerprint density at radius 2 is 1.70 bits per heavy atom. The van der Waals surface area contributed by atoms with Gasteiger partial charge >= 0.3 is 0 Å². The maximum atomic E-state index is 13.7. The molecular formula is C18H20F2N2O4S. The van der Waals surface area contributed by atoms with Crippen molar-refractivity contribution in [3.05, 3.63) is 59.7 Å². The largest absolute Gasteiger partial charge is 0.494 e. The molecule has 27 heavy (non-hydrogen) atoms. The molecule has 0 atom stereocenters. The third kappa shape index (κ3) is 5.01. The van der Waals surface area contributed by atoms with Gasteiger partial charge in [0.25, 0.3) is 0 Å². The highest BCUT2D eigenvalue weighted by Crippen LogP contribution is 2.19. The molecule has 0 fully saturated rings. The quantitative estimate of drug-likeness (QED) is 0.718. The monoisotopic (exact) mass is 398 g/mol. The maximum Gasteiger partial charge on any atom is 0.243 e. The molecule has 2 rings (SSSR count). The first-order valence-corrected chi connectivity index (χ1v) is 9.37. The fraction of sp³-hybridized carbons (Fsp3) is 0.278. The molecule has 0 saturated heterocycles. The van der Waals surface area contributed by atoms with E-state index in [1.807, 2.05) is 0 Å². The SMILES string of the molecule is COc1ccc(CN(C)C(=O)CN(C)S(=O)(=O)c2ccc(F)cc2)cc1F. The molecule has 0 radical (unpaired) electrons. The number of hydrogen-bond donors (Lipinski definition) is 0. The number of ether oxygens (including phenoxy) is 1. The Kier molecular flexibility index (Phi) is 6.50. The van der Waals surface area contributed by atoms with Crippen LogP contribution in [0.3, 0.4) is 0 Å². The number of halogens is 2. The number of likely N-dealkylation sites (N-methyl/N-ethyl adjacent to an activating group) is 2. The fourth-order valence-corrected chi connectivity index (χ4v) is 3.47. The summed E-state index contributed by atoms with van der Waals surface area (Å²) in [7, 11) is 0.172. The molecule has 0 heterocycles. The topological polar surface area (TPSA) is 66.9 Å². The van der Waals surface area contributed by atoms with Gasteiger partial charge in [-0.25, -0.2) is 17.2 Å². The standard InChI is InChI=1S/C18H20F2N2O4S/c1-21(11-13-4-9-17(26-3)16(20)10-13)18(23)12-22(2)27(24,25)15-7-5-14(19)6-8-15/h4-10H,11-12H2,1-3H3. The van der Waals surface area contributed by atoms with Gasteiger partial charge in [-0.2, -0.15) is 4.31 Å². The molecule has 2 aromatic carbocycles. The summed E-state index contributed by atoms with van der Waals surface area (Å²) in [5, 5.41) is 0. The van der Waals surface area contributed by atoms with Crippen LogP contribution < -0.4 is 4.74 Å². The molecule has 0 spiro atoms. The minimum atomic E-state index is -3.93. The molecular weight excluding hydrogens is 378 g/mol. The van der Waals surface area contributed by atoms with Crippen LogP contribution in [0.4, 0.5) is 8.78 Å². The van der Waals surface area contributed by atoms with Crippen LogP contribution in [0.1, 0.15) is 5.56 Å². The zero-order valence-corrected chi connectivity index (χ0v) is 16.0. The van der Waals surface area contributed by atoms with Crippen LogP contribution in [0.2, 0.25) is 0 Å². The number of nitrogens with zero attached hydrogens (tertiary/aromatic N) is 2. The molecule has 0 aliphatic heterocycles. The van der Waals surface area contributed by atoms with E-state index < -0.39 is 34.1 Å². The molecule has 0 aromatic heterocycles. The first-order chi connectivity index (χ1) is 12.6. The van der Waals surface area contributed by atoms with Crippen LogP contribution in [-0.2, 0) is 21.4 Å². The number of benzene rings is 2. The van der Waals surface area contributed by atoms with Crippen molar-refractivity contribution >= 4 is 15.9 Å². The van der Waals surface area contributed by atoms with Crippen molar-refractivity contribution in [1.82, 2.24) is 9.21 Å². The average Bonchev–Trinajstić information content (AvgIpc) is 2.62. The number of sulfonamides is 1. The molecule has 0 aliphatic rings. The van der Waals surface area contributed by atoms with E-state index >= 15 is 0 Å². The molecule has 0 aliphatic carbocycles. The van der Waals surface area contributed by atoms with E-state index in [2.05, 4.69) is 0 Å². The summed E-state index contributed by atoms with van der Waals surface area (Å²) >= 11 is 0. The van der Waals surface area contributed by atoms with Gasteiger partial charge in [0.05, 0.1) is 18.6 Å². The fourth-order valence-electron chi connectivity index (χ4n) is 2.35. The zero-order valence-electron chi connectivity index (χ0n) is 15.1. The van der Waals surface area contributed by atoms with Crippen molar-refractivity contribution in [2.24, 2.45) is 0 Å². The van der Waals surface area contributed by atoms with E-state index in [0.717, 1.165) is 28.6 Å². The van der Waals surface area contributed by atoms with E-state index in [-0.39, 0.29) is 17.2 Å². The van der Waals surface area contributed by atoms with Gasteiger partial charge in [-0.3, -0.25) is 4.79 Å². The van der Waals surface area contributed by atoms with Gasteiger partial charge in [0.1, 0.15) is 5.82 Å². The Morgan fingerprint density at radius 3 is 2.26 bits per heavy atom. The maximum absolute atomic E-state index is 13.7. The van der Waals surface area contributed by atoms with Crippen molar-refractivity contribution in [3.63, 3.8) is 0 Å². The summed E-state index contributed by atoms with van der Waals surface area (Å²) in [6.07, 6.45) is 0. The lowest BCUT2D eigenvalue weighted by atomic mass is 10.2. The zero-order chi connectivity index (χ0) is 20.2. The van der Waals surface area contributed by atoms with Gasteiger partial charge in [0.15, 0.2) is 11.6 Å². The lowest BCUT2D eigenvalue weighted by Crippen LogP contribution is -2.39. The van der Waals surface area contributed by atoms with Crippen molar-refractivity contribution in [3.8, 4) is 5.75 Å². The summed E-state index contributed by atoms with van der Waals surface area (Å²) in [5.41, 5.74) is 0.535. The lowest BCUT2D eigenvalue weighted by molar-refractivity contribution is -0.130. The first kappa shape index (κ1) is 20.8. The highest BCUT2D eigenvalue weighted by molar-refractivity contribution is 7.89. The van der Waals surface area contributed by atoms with Crippen molar-refractivity contribution in [2.45, 2.75) is 11.4 Å². The third-order valence-corrected chi connectivity index (χ3v) is 5.76. The van der Waals surface area contributed by atoms with Crippen LogP contribution >= 0.6 is 0 Å². The molecule has 146 valence electrons. The molecule has 6 nitrogen and oxygen atoms in total. The summed E-state index contributed by atoms with van der Waals surface area (Å²) in [4.78, 5) is 13.5. The number of methoxy groups -OCH3 is 1. The van der Waals surface area contributed by atoms with Crippen molar-refractivity contribution in [1.29, 1.82) is 0 Å². The molecule has 0 bridgehead atoms. The van der Waals surface area contributed by atoms with Crippen LogP contribution in [0.5, 0.6) is 5.75 Å². The van der Waals surface area contributed by atoms with Crippen molar-refractivity contribution < 1.29 is 26.7 Å². The molecule has 1 amide bonds. The summed E-state index contributed by atoms with van der Waals surface area (Å²) in [6.45, 7) is -0.307. The minimum absolute atomic E-state index is 0.0952. The highest BCUT2D eigenvalue weighted by Gasteiger charge is 2.24. The Morgan fingerprint density at radius 1 is 1.07 bits per heavy atom. The van der Waals surface area contributed by atoms with Crippen LogP contribution in [-0.4, -0.2) is 51.3 Å². The predicted molar refractivity (Wildman–Crippen MR) is 95.6 cm³/mol. The molecule has 0 unspecified atom stereocenters. The summed E-state index contributed by atoms with van der Waals surface area (Å²) < 4.78 is 57.3. The van der Waals surface area contributed by atoms with Crippen LogP contribution in [0, 0.1) is 11.6 Å². The Bertz CT molecular complexity index is 917. The van der Waals surface area contributed by atoms with E-state index in [9.17, 15) is 22.0 Å². The van der Waals surface area contributed by atoms with E-state index in [1.165, 1.54) is 38.2 Å². The van der Waals surface area contributed by atoms with Crippen molar-refractivity contribution in [2.75, 3.05) is 27.7 Å². The second-order valence-corrected chi connectivity index (χ2v) is 7.98. The van der Waals surface area contributed by atoms with Gasteiger partial charge in [-0.05, 0) is 42.0 Å². The number of rotatable bonds is 7. The highest BCUT2D eigenvalue weighted by atomic mass is 32.2. The Balaban J connectivity index is 2.04. The number of hydrogen-bond acceptors (Lipinski definition) is 4. The Hall–Kier alpha value is -2.52. The minimum Gasteiger partial charge on any atom is -0.494 e. The van der Waals surface area contributed by atoms with Gasteiger partial charge < -0.3 is 9.64 Å². The number of carbonyl (C=O) groups excluding carboxylic acids is 1. The molecule has 0 saturated carbocycles. The van der Waals surface area contributed by atoms with E-state index in [4.69, 9.17) is 4.74 Å². The molecule has 9 heteroatoms. The van der Waals surface area contributed by atoms with Crippen LogP contribution in [0.25, 0.3) is 0 Å². The summed E-state index contributed by atoms with van der Waals surface area (Å²) in [5.74, 6) is -1.48. The second kappa shape index (κ2) is 8.45. The Labute approximate surface area is 157 Å². The first-order valence-electron chi connectivity index (χ1n) is 7.93. The van der Waals surface area contributed by atoms with Gasteiger partial charge in [0, 0.05) is 20.6 Å². The lowest BCUT2D eigenvalue weighted by Gasteiger charge is -2.22. The average molecular weight is 398 g/mol. The predicted octanol–water partition coefficient (Wildman–Crippen LogP) is 2.25. The van der Waals surface area contributed by atoms with E-state index in [0.29, 0.717) is 5.56 Å². The normalized spacial score (nSPS) is 11.5. The van der Waals surface area contributed by atoms with Gasteiger partial charge in [-0.1, -0.05) is 6.07 Å². The second-order valence-electron chi connectivity index (χ2n) is 5.93. The number of carbonyl (C=O) groups is 1. The molecule has 2 aromatic rings. The van der Waals surface area contributed by atoms with Gasteiger partial charge in [0.2, 0.25) is 15.9 Å². The molecule has 0 N–H and O–H groups in total. The third-order valence-electron chi connectivity index (χ3n) is 3.94. The van der Waals surface area contributed by atoms with Gasteiger partial charge in [-0.15, -0.1) is 0 Å². The number of amides is 1.